The van der Waals surface area contributed by atoms with E-state index in [9.17, 15) is 4.79 Å². The number of nitrogens with zero attached hydrogens (tertiary/aromatic N) is 3. The molecule has 1 aliphatic carbocycles. The van der Waals surface area contributed by atoms with Gasteiger partial charge in [-0.15, -0.1) is 0 Å². The molecule has 0 aromatic carbocycles. The maximum absolute atomic E-state index is 12.8. The van der Waals surface area contributed by atoms with Crippen molar-refractivity contribution in [1.82, 2.24) is 25.3 Å². The minimum atomic E-state index is 0.106. The van der Waals surface area contributed by atoms with Gasteiger partial charge in [-0.2, -0.15) is 5.10 Å². The predicted octanol–water partition coefficient (Wildman–Crippen LogP) is 2.13. The van der Waals surface area contributed by atoms with Crippen molar-refractivity contribution in [2.24, 2.45) is 5.92 Å². The second kappa shape index (κ2) is 6.51. The fourth-order valence-corrected chi connectivity index (χ4v) is 4.00. The summed E-state index contributed by atoms with van der Waals surface area (Å²) in [5, 5.41) is 10.2. The lowest BCUT2D eigenvalue weighted by Gasteiger charge is -2.36. The van der Waals surface area contributed by atoms with Crippen LogP contribution in [0.25, 0.3) is 0 Å². The molecule has 0 spiro atoms. The molecule has 6 heteroatoms. The minimum Gasteiger partial charge on any atom is -0.334 e. The van der Waals surface area contributed by atoms with Crippen molar-refractivity contribution in [3.05, 3.63) is 18.0 Å². The maximum Gasteiger partial charge on any atom is 0.318 e. The lowest BCUT2D eigenvalue weighted by molar-refractivity contribution is 0.148. The summed E-state index contributed by atoms with van der Waals surface area (Å²) in [5.74, 6) is 0.928. The zero-order chi connectivity index (χ0) is 15.6. The third-order valence-corrected chi connectivity index (χ3v) is 5.48. The highest BCUT2D eigenvalue weighted by Crippen LogP contribution is 2.32. The second-order valence-electron chi connectivity index (χ2n) is 7.37. The van der Waals surface area contributed by atoms with Gasteiger partial charge in [0.05, 0.1) is 12.2 Å². The van der Waals surface area contributed by atoms with Crippen LogP contribution in [0.2, 0.25) is 0 Å². The zero-order valence-corrected chi connectivity index (χ0v) is 13.7. The molecule has 126 valence electrons. The normalized spacial score (nSPS) is 29.0. The molecule has 1 aromatic heterocycles. The molecular weight excluding hydrogens is 290 g/mol. The van der Waals surface area contributed by atoms with Crippen LogP contribution < -0.4 is 5.32 Å². The molecule has 2 aliphatic heterocycles. The van der Waals surface area contributed by atoms with E-state index in [4.69, 9.17) is 0 Å². The summed E-state index contributed by atoms with van der Waals surface area (Å²) in [6, 6.07) is 0.591. The monoisotopic (exact) mass is 317 g/mol. The summed E-state index contributed by atoms with van der Waals surface area (Å²) in [4.78, 5) is 17.3. The Kier molecular flexibility index (Phi) is 4.25. The van der Waals surface area contributed by atoms with E-state index in [1.807, 2.05) is 17.3 Å². The lowest BCUT2D eigenvalue weighted by Crippen LogP contribution is -2.48. The molecule has 23 heavy (non-hydrogen) atoms. The van der Waals surface area contributed by atoms with Gasteiger partial charge in [0.1, 0.15) is 0 Å². The number of H-pyrrole nitrogens is 1. The van der Waals surface area contributed by atoms with Gasteiger partial charge in [0.25, 0.3) is 0 Å². The van der Waals surface area contributed by atoms with Crippen LogP contribution in [-0.4, -0.2) is 58.2 Å². The number of amides is 2. The van der Waals surface area contributed by atoms with Gasteiger partial charge in [-0.25, -0.2) is 4.79 Å². The number of carbonyl (C=O) groups is 1. The number of hydrogen-bond donors (Lipinski definition) is 2. The van der Waals surface area contributed by atoms with Crippen molar-refractivity contribution in [1.29, 1.82) is 0 Å². The molecule has 2 atom stereocenters. The number of aromatic nitrogens is 2. The van der Waals surface area contributed by atoms with Gasteiger partial charge in [0, 0.05) is 44.0 Å². The van der Waals surface area contributed by atoms with Crippen molar-refractivity contribution < 1.29 is 4.79 Å². The molecule has 2 saturated heterocycles. The van der Waals surface area contributed by atoms with Crippen molar-refractivity contribution >= 4 is 6.03 Å². The zero-order valence-electron chi connectivity index (χ0n) is 13.7. The van der Waals surface area contributed by atoms with Crippen molar-refractivity contribution in [2.75, 3.05) is 26.2 Å². The molecule has 2 unspecified atom stereocenters. The Morgan fingerprint density at radius 1 is 1.26 bits per heavy atom. The minimum absolute atomic E-state index is 0.106. The molecule has 2 amide bonds. The Balaban J connectivity index is 1.34. The third kappa shape index (κ3) is 3.52. The number of nitrogens with one attached hydrogen (secondary N) is 2. The standard InChI is InChI=1S/C17H27N5O/c23-17(20-15-6-8-21(12-15)11-13-4-5-13)22-7-2-1-3-16(22)14-9-18-19-10-14/h9-10,13,15-16H,1-8,11-12H2,(H,18,19)(H,20,23). The predicted molar refractivity (Wildman–Crippen MR) is 88.0 cm³/mol. The van der Waals surface area contributed by atoms with E-state index in [-0.39, 0.29) is 12.1 Å². The third-order valence-electron chi connectivity index (χ3n) is 5.48. The van der Waals surface area contributed by atoms with E-state index >= 15 is 0 Å². The average Bonchev–Trinajstić information content (AvgIpc) is 3.03. The van der Waals surface area contributed by atoms with Crippen molar-refractivity contribution in [2.45, 2.75) is 50.6 Å². The highest BCUT2D eigenvalue weighted by atomic mass is 16.2. The quantitative estimate of drug-likeness (QED) is 0.894. The Morgan fingerprint density at radius 3 is 2.96 bits per heavy atom. The summed E-state index contributed by atoms with van der Waals surface area (Å²) >= 11 is 0. The topological polar surface area (TPSA) is 64.3 Å². The molecule has 3 heterocycles. The number of piperidine rings is 1. The van der Waals surface area contributed by atoms with E-state index in [1.165, 1.54) is 25.8 Å². The average molecular weight is 317 g/mol. The highest BCUT2D eigenvalue weighted by Gasteiger charge is 2.33. The van der Waals surface area contributed by atoms with Crippen molar-refractivity contribution in [3.63, 3.8) is 0 Å². The van der Waals surface area contributed by atoms with Crippen LogP contribution in [0.3, 0.4) is 0 Å². The van der Waals surface area contributed by atoms with E-state index in [0.29, 0.717) is 6.04 Å². The van der Waals surface area contributed by atoms with E-state index < -0.39 is 0 Å². The lowest BCUT2D eigenvalue weighted by atomic mass is 9.98. The molecule has 0 bridgehead atoms. The molecule has 2 N–H and O–H groups in total. The molecule has 4 rings (SSSR count). The van der Waals surface area contributed by atoms with Crippen LogP contribution in [0, 0.1) is 5.92 Å². The van der Waals surface area contributed by atoms with E-state index in [1.54, 1.807) is 0 Å². The molecule has 1 saturated carbocycles. The fraction of sp³-hybridized carbons (Fsp3) is 0.765. The summed E-state index contributed by atoms with van der Waals surface area (Å²) in [7, 11) is 0. The number of carbonyl (C=O) groups excluding carboxylic acids is 1. The number of rotatable bonds is 4. The fourth-order valence-electron chi connectivity index (χ4n) is 4.00. The first-order valence-electron chi connectivity index (χ1n) is 9.08. The van der Waals surface area contributed by atoms with Crippen molar-refractivity contribution in [3.8, 4) is 0 Å². The van der Waals surface area contributed by atoms with Gasteiger partial charge >= 0.3 is 6.03 Å². The molecule has 1 aromatic rings. The molecule has 6 nitrogen and oxygen atoms in total. The van der Waals surface area contributed by atoms with Gasteiger partial charge in [-0.1, -0.05) is 0 Å². The van der Waals surface area contributed by atoms with Crippen LogP contribution in [0.5, 0.6) is 0 Å². The van der Waals surface area contributed by atoms with E-state index in [2.05, 4.69) is 20.4 Å². The summed E-state index contributed by atoms with van der Waals surface area (Å²) in [6.07, 6.45) is 11.0. The first-order chi connectivity index (χ1) is 11.3. The highest BCUT2D eigenvalue weighted by molar-refractivity contribution is 5.75. The molecule has 3 aliphatic rings. The number of likely N-dealkylation sites (tertiary alicyclic amines) is 2. The SMILES string of the molecule is O=C(NC1CCN(CC2CC2)C1)N1CCCCC1c1cn[nH]c1. The number of hydrogen-bond acceptors (Lipinski definition) is 3. The summed E-state index contributed by atoms with van der Waals surface area (Å²) < 4.78 is 0. The van der Waals surface area contributed by atoms with Gasteiger partial charge in [-0.3, -0.25) is 5.10 Å². The molecule has 3 fully saturated rings. The Morgan fingerprint density at radius 2 is 2.17 bits per heavy atom. The van der Waals surface area contributed by atoms with Gasteiger partial charge in [0.15, 0.2) is 0 Å². The second-order valence-corrected chi connectivity index (χ2v) is 7.37. The van der Waals surface area contributed by atoms with Crippen LogP contribution in [0.4, 0.5) is 4.79 Å². The van der Waals surface area contributed by atoms with Crippen LogP contribution >= 0.6 is 0 Å². The van der Waals surface area contributed by atoms with Crippen LogP contribution in [-0.2, 0) is 0 Å². The first-order valence-corrected chi connectivity index (χ1v) is 9.08. The summed E-state index contributed by atoms with van der Waals surface area (Å²) in [5.41, 5.74) is 1.13. The Labute approximate surface area is 137 Å². The largest absolute Gasteiger partial charge is 0.334 e. The first kappa shape index (κ1) is 15.0. The number of aromatic amines is 1. The maximum atomic E-state index is 12.8. The smallest absolute Gasteiger partial charge is 0.318 e. The molecule has 0 radical (unpaired) electrons. The van der Waals surface area contributed by atoms with Gasteiger partial charge in [-0.05, 0) is 44.4 Å². The Hall–Kier alpha value is -1.56. The van der Waals surface area contributed by atoms with Crippen LogP contribution in [0.15, 0.2) is 12.4 Å². The number of urea groups is 1. The Bertz CT molecular complexity index is 527. The van der Waals surface area contributed by atoms with E-state index in [0.717, 1.165) is 50.4 Å². The molecular formula is C17H27N5O. The van der Waals surface area contributed by atoms with Gasteiger partial charge in [0.2, 0.25) is 0 Å². The van der Waals surface area contributed by atoms with Gasteiger partial charge < -0.3 is 15.1 Å². The summed E-state index contributed by atoms with van der Waals surface area (Å²) in [6.45, 7) is 4.23. The van der Waals surface area contributed by atoms with Crippen LogP contribution in [0.1, 0.15) is 50.1 Å².